The van der Waals surface area contributed by atoms with Gasteiger partial charge in [-0.05, 0) is 80.5 Å². The van der Waals surface area contributed by atoms with E-state index < -0.39 is 0 Å². The van der Waals surface area contributed by atoms with Crippen LogP contribution in [0.3, 0.4) is 0 Å². The molecule has 3 heteroatoms. The maximum absolute atomic E-state index is 12.5. The lowest BCUT2D eigenvalue weighted by molar-refractivity contribution is -0.139. The Balaban J connectivity index is 1.54. The Morgan fingerprint density at radius 3 is 2.58 bits per heavy atom. The van der Waals surface area contributed by atoms with Crippen molar-refractivity contribution in [3.05, 3.63) is 0 Å². The van der Waals surface area contributed by atoms with Gasteiger partial charge in [0.1, 0.15) is 5.78 Å². The van der Waals surface area contributed by atoms with Crippen LogP contribution in [0.1, 0.15) is 78.6 Å². The van der Waals surface area contributed by atoms with E-state index >= 15 is 0 Å². The van der Waals surface area contributed by atoms with E-state index in [4.69, 9.17) is 0 Å². The van der Waals surface area contributed by atoms with Crippen molar-refractivity contribution in [2.45, 2.75) is 84.6 Å². The molecule has 0 aromatic rings. The summed E-state index contributed by atoms with van der Waals surface area (Å²) in [6.07, 6.45) is 10.5. The van der Waals surface area contributed by atoms with Crippen molar-refractivity contribution < 1.29 is 9.59 Å². The molecule has 4 fully saturated rings. The lowest BCUT2D eigenvalue weighted by Gasteiger charge is -2.60. The molecular formula is C21H33NO2. The van der Waals surface area contributed by atoms with Gasteiger partial charge in [0.25, 0.3) is 0 Å². The third kappa shape index (κ3) is 2.29. The first-order valence-corrected chi connectivity index (χ1v) is 10.1. The third-order valence-electron chi connectivity index (χ3n) is 8.78. The number of fused-ring (bicyclic) bond motifs is 5. The minimum atomic E-state index is -0.00223. The molecule has 4 aliphatic rings. The van der Waals surface area contributed by atoms with Crippen molar-refractivity contribution in [1.82, 2.24) is 5.32 Å². The van der Waals surface area contributed by atoms with Crippen molar-refractivity contribution in [3.8, 4) is 0 Å². The quantitative estimate of drug-likeness (QED) is 0.786. The topological polar surface area (TPSA) is 46.2 Å². The van der Waals surface area contributed by atoms with Crippen molar-refractivity contribution in [2.24, 2.45) is 34.5 Å². The van der Waals surface area contributed by atoms with Gasteiger partial charge in [-0.1, -0.05) is 13.8 Å². The first-order chi connectivity index (χ1) is 11.3. The van der Waals surface area contributed by atoms with E-state index in [-0.39, 0.29) is 11.3 Å². The molecule has 0 unspecified atom stereocenters. The van der Waals surface area contributed by atoms with Gasteiger partial charge in [-0.25, -0.2) is 0 Å². The molecule has 0 bridgehead atoms. The largest absolute Gasteiger partial charge is 0.354 e. The molecule has 4 aliphatic carbocycles. The Hall–Kier alpha value is -0.860. The van der Waals surface area contributed by atoms with E-state index in [2.05, 4.69) is 19.2 Å². The van der Waals surface area contributed by atoms with Gasteiger partial charge in [0, 0.05) is 24.8 Å². The van der Waals surface area contributed by atoms with E-state index in [1.165, 1.54) is 32.1 Å². The van der Waals surface area contributed by atoms with E-state index in [1.807, 2.05) is 0 Å². The van der Waals surface area contributed by atoms with Crippen molar-refractivity contribution in [1.29, 1.82) is 0 Å². The second kappa shape index (κ2) is 5.57. The zero-order valence-electron chi connectivity index (χ0n) is 15.6. The van der Waals surface area contributed by atoms with Gasteiger partial charge in [0.15, 0.2) is 0 Å². The molecule has 134 valence electrons. The zero-order valence-corrected chi connectivity index (χ0v) is 15.6. The van der Waals surface area contributed by atoms with E-state index in [1.54, 1.807) is 6.92 Å². The van der Waals surface area contributed by atoms with Crippen LogP contribution in [0.15, 0.2) is 0 Å². The Labute approximate surface area is 146 Å². The lowest BCUT2D eigenvalue weighted by atomic mass is 9.45. The van der Waals surface area contributed by atoms with Crippen molar-refractivity contribution in [3.63, 3.8) is 0 Å². The van der Waals surface area contributed by atoms with Gasteiger partial charge in [-0.3, -0.25) is 9.59 Å². The number of hydrogen-bond acceptors (Lipinski definition) is 2. The zero-order chi connectivity index (χ0) is 17.1. The summed E-state index contributed by atoms with van der Waals surface area (Å²) < 4.78 is 0. The van der Waals surface area contributed by atoms with Crippen molar-refractivity contribution in [2.75, 3.05) is 0 Å². The summed E-state index contributed by atoms with van der Waals surface area (Å²) >= 11 is 0. The van der Waals surface area contributed by atoms with Gasteiger partial charge < -0.3 is 5.32 Å². The van der Waals surface area contributed by atoms with Crippen molar-refractivity contribution >= 4 is 11.7 Å². The predicted octanol–water partition coefficient (Wildman–Crippen LogP) is 4.10. The number of ketones is 1. The Morgan fingerprint density at radius 2 is 1.83 bits per heavy atom. The normalized spacial score (nSPS) is 50.6. The smallest absolute Gasteiger partial charge is 0.217 e. The summed E-state index contributed by atoms with van der Waals surface area (Å²) in [5, 5.41) is 3.17. The second-order valence-electron chi connectivity index (χ2n) is 9.75. The highest BCUT2D eigenvalue weighted by atomic mass is 16.1. The van der Waals surface area contributed by atoms with Gasteiger partial charge in [-0.2, -0.15) is 0 Å². The summed E-state index contributed by atoms with van der Waals surface area (Å²) in [6.45, 7) is 6.45. The average molecular weight is 332 g/mol. The van der Waals surface area contributed by atoms with Crippen LogP contribution in [-0.4, -0.2) is 17.7 Å². The van der Waals surface area contributed by atoms with E-state index in [9.17, 15) is 9.59 Å². The fraction of sp³-hybridized carbons (Fsp3) is 0.905. The van der Waals surface area contributed by atoms with Crippen LogP contribution < -0.4 is 5.32 Å². The van der Waals surface area contributed by atoms with E-state index in [0.717, 1.165) is 43.4 Å². The summed E-state index contributed by atoms with van der Waals surface area (Å²) in [6, 6.07) is 0.388. The Bertz CT molecular complexity index is 558. The third-order valence-corrected chi connectivity index (χ3v) is 8.78. The molecular weight excluding hydrogens is 298 g/mol. The summed E-state index contributed by atoms with van der Waals surface area (Å²) in [5.41, 5.74) is 0.433. The number of carbonyl (C=O) groups is 2. The average Bonchev–Trinajstić information content (AvgIpc) is 2.83. The fourth-order valence-corrected chi connectivity index (χ4v) is 7.45. The minimum Gasteiger partial charge on any atom is -0.354 e. The van der Waals surface area contributed by atoms with Gasteiger partial charge in [-0.15, -0.1) is 0 Å². The molecule has 0 saturated heterocycles. The van der Waals surface area contributed by atoms with Crippen LogP contribution in [0.25, 0.3) is 0 Å². The molecule has 4 rings (SSSR count). The number of Topliss-reactive ketones (excluding diaryl/α,β-unsaturated/α-hetero) is 1. The molecule has 1 amide bonds. The number of carbonyl (C=O) groups excluding carboxylic acids is 2. The predicted molar refractivity (Wildman–Crippen MR) is 94.3 cm³/mol. The highest BCUT2D eigenvalue weighted by Gasteiger charge is 2.60. The summed E-state index contributed by atoms with van der Waals surface area (Å²) in [4.78, 5) is 23.9. The van der Waals surface area contributed by atoms with Crippen LogP contribution in [0.4, 0.5) is 0 Å². The SMILES string of the molecule is CC(=O)N[C@@H]1CC[C@@]2(C)[C@@H](CC[C@@H]3[C@@H]2CC[C@]2(C)C(=O)CC[C@@H]32)C1. The van der Waals surface area contributed by atoms with Crippen LogP contribution in [0.2, 0.25) is 0 Å². The minimum absolute atomic E-state index is 0.00223. The maximum Gasteiger partial charge on any atom is 0.217 e. The standard InChI is InChI=1S/C21H33NO2/c1-13(23)22-15-8-10-20(2)14(12-15)4-5-16-17-6-7-19(24)21(17,3)11-9-18(16)20/h14-18H,4-12H2,1-3H3,(H,22,23)/t14-,15+,16-,17-,18-,20-,21-/m0/s1. The first kappa shape index (κ1) is 16.6. The fourth-order valence-electron chi connectivity index (χ4n) is 7.45. The van der Waals surface area contributed by atoms with Crippen LogP contribution >= 0.6 is 0 Å². The van der Waals surface area contributed by atoms with Crippen LogP contribution in [0.5, 0.6) is 0 Å². The molecule has 1 N–H and O–H groups in total. The molecule has 7 atom stereocenters. The van der Waals surface area contributed by atoms with E-state index in [0.29, 0.717) is 23.2 Å². The molecule has 0 radical (unpaired) electrons. The number of hydrogen-bond donors (Lipinski definition) is 1. The first-order valence-electron chi connectivity index (χ1n) is 10.1. The molecule has 0 aromatic heterocycles. The molecule has 0 aliphatic heterocycles. The molecule has 0 aromatic carbocycles. The second-order valence-corrected chi connectivity index (χ2v) is 9.75. The molecule has 0 heterocycles. The molecule has 3 nitrogen and oxygen atoms in total. The number of rotatable bonds is 1. The number of amides is 1. The van der Waals surface area contributed by atoms with Gasteiger partial charge in [0.2, 0.25) is 5.91 Å². The van der Waals surface area contributed by atoms with Gasteiger partial charge >= 0.3 is 0 Å². The Morgan fingerprint density at radius 1 is 1.04 bits per heavy atom. The van der Waals surface area contributed by atoms with Crippen LogP contribution in [0, 0.1) is 34.5 Å². The molecule has 24 heavy (non-hydrogen) atoms. The van der Waals surface area contributed by atoms with Crippen LogP contribution in [-0.2, 0) is 9.59 Å². The molecule has 4 saturated carbocycles. The maximum atomic E-state index is 12.5. The lowest BCUT2D eigenvalue weighted by Crippen LogP contribution is -2.55. The highest BCUT2D eigenvalue weighted by Crippen LogP contribution is 2.65. The summed E-state index contributed by atoms with van der Waals surface area (Å²) in [5.74, 6) is 3.65. The number of nitrogens with one attached hydrogen (secondary N) is 1. The Kier molecular flexibility index (Phi) is 3.85. The summed E-state index contributed by atoms with van der Waals surface area (Å²) in [7, 11) is 0. The molecule has 0 spiro atoms. The monoisotopic (exact) mass is 331 g/mol. The van der Waals surface area contributed by atoms with Gasteiger partial charge in [0.05, 0.1) is 0 Å². The highest BCUT2D eigenvalue weighted by molar-refractivity contribution is 5.87.